The standard InChI is InChI=1S/C29H19F2N3O5S2/c1-38-20-12-6-8-15-13-21(39-26(15)20)24(35)22-23(17-9-3-5-11-19(17)31)34(27(37)25(22)36)28-32-33-29(41-28)40-14-16-7-2-4-10-18(16)30/h2-13,23,36H,14H2,1H3. The molecule has 0 radical (unpaired) electrons. The fourth-order valence-corrected chi connectivity index (χ4v) is 6.43. The molecule has 0 spiro atoms. The van der Waals surface area contributed by atoms with Gasteiger partial charge in [0.15, 0.2) is 27.2 Å². The van der Waals surface area contributed by atoms with Crippen LogP contribution >= 0.6 is 23.1 Å². The van der Waals surface area contributed by atoms with E-state index in [1.54, 1.807) is 42.5 Å². The predicted molar refractivity (Wildman–Crippen MR) is 149 cm³/mol. The summed E-state index contributed by atoms with van der Waals surface area (Å²) in [4.78, 5) is 28.3. The SMILES string of the molecule is COc1cccc2cc(C(=O)C3=C(O)C(=O)N(c4nnc(SCc5ccccc5F)s4)C3c3ccccc3F)oc12. The van der Waals surface area contributed by atoms with Gasteiger partial charge < -0.3 is 14.3 Å². The number of carbonyl (C=O) groups excluding carboxylic acids is 2. The van der Waals surface area contributed by atoms with E-state index in [1.165, 1.54) is 49.2 Å². The third kappa shape index (κ3) is 4.74. The Morgan fingerprint density at radius 2 is 1.83 bits per heavy atom. The zero-order valence-electron chi connectivity index (χ0n) is 21.2. The van der Waals surface area contributed by atoms with Crippen molar-refractivity contribution in [2.75, 3.05) is 12.0 Å². The number of nitrogens with zero attached hydrogens (tertiary/aromatic N) is 3. The zero-order chi connectivity index (χ0) is 28.7. The molecule has 1 amide bonds. The number of hydrogen-bond acceptors (Lipinski definition) is 9. The molecule has 41 heavy (non-hydrogen) atoms. The number of halogens is 2. The number of carbonyl (C=O) groups is 2. The molecule has 6 rings (SSSR count). The number of amides is 1. The van der Waals surface area contributed by atoms with Crippen LogP contribution in [0.5, 0.6) is 5.75 Å². The van der Waals surface area contributed by atoms with Crippen LogP contribution in [-0.4, -0.2) is 34.1 Å². The first-order valence-corrected chi connectivity index (χ1v) is 14.0. The quantitative estimate of drug-likeness (QED) is 0.122. The highest BCUT2D eigenvalue weighted by Gasteiger charge is 2.47. The molecule has 0 saturated carbocycles. The van der Waals surface area contributed by atoms with Gasteiger partial charge in [-0.2, -0.15) is 0 Å². The van der Waals surface area contributed by atoms with Crippen molar-refractivity contribution in [3.8, 4) is 5.75 Å². The average Bonchev–Trinajstić information content (AvgIpc) is 3.69. The van der Waals surface area contributed by atoms with Gasteiger partial charge in [-0.05, 0) is 29.8 Å². The average molecular weight is 592 g/mol. The summed E-state index contributed by atoms with van der Waals surface area (Å²) < 4.78 is 40.7. The molecular weight excluding hydrogens is 572 g/mol. The molecule has 1 aliphatic heterocycles. The van der Waals surface area contributed by atoms with E-state index in [9.17, 15) is 19.1 Å². The van der Waals surface area contributed by atoms with Gasteiger partial charge in [0.05, 0.1) is 12.7 Å². The number of aliphatic hydroxyl groups excluding tert-OH is 1. The molecule has 5 aromatic rings. The maximum absolute atomic E-state index is 15.2. The van der Waals surface area contributed by atoms with Gasteiger partial charge in [-0.25, -0.2) is 8.78 Å². The molecule has 3 heterocycles. The zero-order valence-corrected chi connectivity index (χ0v) is 22.8. The number of benzene rings is 3. The molecule has 206 valence electrons. The Kier molecular flexibility index (Phi) is 7.01. The summed E-state index contributed by atoms with van der Waals surface area (Å²) >= 11 is 2.20. The molecule has 3 aromatic carbocycles. The van der Waals surface area contributed by atoms with Crippen molar-refractivity contribution in [2.45, 2.75) is 16.1 Å². The van der Waals surface area contributed by atoms with Crippen LogP contribution in [0.25, 0.3) is 11.0 Å². The van der Waals surface area contributed by atoms with Crippen LogP contribution in [0.15, 0.2) is 92.9 Å². The number of ketones is 1. The highest BCUT2D eigenvalue weighted by molar-refractivity contribution is 8.00. The lowest BCUT2D eigenvalue weighted by Gasteiger charge is -2.24. The van der Waals surface area contributed by atoms with Gasteiger partial charge in [-0.3, -0.25) is 14.5 Å². The minimum absolute atomic E-state index is 0.0277. The van der Waals surface area contributed by atoms with E-state index in [0.29, 0.717) is 26.6 Å². The fraction of sp³-hybridized carbons (Fsp3) is 0.103. The molecule has 8 nitrogen and oxygen atoms in total. The number of para-hydroxylation sites is 1. The minimum Gasteiger partial charge on any atom is -0.503 e. The van der Waals surface area contributed by atoms with E-state index in [1.807, 2.05) is 0 Å². The number of methoxy groups -OCH3 is 1. The van der Waals surface area contributed by atoms with Gasteiger partial charge in [0.25, 0.3) is 5.91 Å². The number of anilines is 1. The maximum atomic E-state index is 15.2. The largest absolute Gasteiger partial charge is 0.503 e. The van der Waals surface area contributed by atoms with Gasteiger partial charge in [0, 0.05) is 16.7 Å². The summed E-state index contributed by atoms with van der Waals surface area (Å²) in [5.74, 6) is -3.18. The molecule has 0 bridgehead atoms. The second-order valence-electron chi connectivity index (χ2n) is 8.91. The Bertz CT molecular complexity index is 1850. The molecule has 12 heteroatoms. The van der Waals surface area contributed by atoms with Crippen LogP contribution in [0, 0.1) is 11.6 Å². The molecule has 0 fully saturated rings. The normalized spacial score (nSPS) is 15.2. The van der Waals surface area contributed by atoms with Crippen LogP contribution in [0.1, 0.15) is 27.7 Å². The lowest BCUT2D eigenvalue weighted by atomic mass is 9.95. The number of hydrogen-bond donors (Lipinski definition) is 1. The summed E-state index contributed by atoms with van der Waals surface area (Å²) in [7, 11) is 1.46. The number of furan rings is 1. The highest BCUT2D eigenvalue weighted by Crippen LogP contribution is 2.45. The number of aliphatic hydroxyl groups is 1. The lowest BCUT2D eigenvalue weighted by molar-refractivity contribution is -0.117. The Hall–Kier alpha value is -4.55. The smallest absolute Gasteiger partial charge is 0.296 e. The summed E-state index contributed by atoms with van der Waals surface area (Å²) in [6, 6.07) is 17.2. The number of rotatable bonds is 8. The third-order valence-corrected chi connectivity index (χ3v) is 8.62. The topological polar surface area (TPSA) is 106 Å². The monoisotopic (exact) mass is 591 g/mol. The Morgan fingerprint density at radius 3 is 2.59 bits per heavy atom. The van der Waals surface area contributed by atoms with E-state index < -0.39 is 29.3 Å². The molecule has 1 unspecified atom stereocenters. The van der Waals surface area contributed by atoms with Crippen molar-refractivity contribution in [3.05, 3.63) is 113 Å². The molecular formula is C29H19F2N3O5S2. The summed E-state index contributed by atoms with van der Waals surface area (Å²) in [5, 5.41) is 19.8. The second-order valence-corrected chi connectivity index (χ2v) is 11.1. The van der Waals surface area contributed by atoms with Crippen molar-refractivity contribution >= 4 is 50.9 Å². The van der Waals surface area contributed by atoms with Crippen molar-refractivity contribution < 1.29 is 32.6 Å². The van der Waals surface area contributed by atoms with Gasteiger partial charge in [0.1, 0.15) is 17.7 Å². The molecule has 2 aromatic heterocycles. The molecule has 1 atom stereocenters. The Labute approximate surface area is 239 Å². The minimum atomic E-state index is -1.36. The van der Waals surface area contributed by atoms with E-state index in [0.717, 1.165) is 16.2 Å². The molecule has 1 aliphatic rings. The summed E-state index contributed by atoms with van der Waals surface area (Å²) in [6.07, 6.45) is 0. The molecule has 0 aliphatic carbocycles. The van der Waals surface area contributed by atoms with Gasteiger partial charge in [-0.15, -0.1) is 10.2 Å². The number of Topliss-reactive ketones (excluding diaryl/α,β-unsaturated/α-hetero) is 1. The van der Waals surface area contributed by atoms with Crippen LogP contribution in [0.3, 0.4) is 0 Å². The van der Waals surface area contributed by atoms with Crippen molar-refractivity contribution in [3.63, 3.8) is 0 Å². The first-order chi connectivity index (χ1) is 19.9. The van der Waals surface area contributed by atoms with Gasteiger partial charge in [0.2, 0.25) is 10.9 Å². The van der Waals surface area contributed by atoms with Crippen molar-refractivity contribution in [2.24, 2.45) is 0 Å². The van der Waals surface area contributed by atoms with Crippen molar-refractivity contribution in [1.82, 2.24) is 10.2 Å². The van der Waals surface area contributed by atoms with Crippen LogP contribution in [-0.2, 0) is 10.5 Å². The van der Waals surface area contributed by atoms with Crippen molar-refractivity contribution in [1.29, 1.82) is 0 Å². The van der Waals surface area contributed by atoms with E-state index >= 15 is 4.39 Å². The Morgan fingerprint density at radius 1 is 1.07 bits per heavy atom. The summed E-state index contributed by atoms with van der Waals surface area (Å²) in [5.41, 5.74) is 0.375. The molecule has 1 N–H and O–H groups in total. The highest BCUT2D eigenvalue weighted by atomic mass is 32.2. The fourth-order valence-electron chi connectivity index (χ4n) is 4.58. The summed E-state index contributed by atoms with van der Waals surface area (Å²) in [6.45, 7) is 0. The first-order valence-electron chi connectivity index (χ1n) is 12.2. The first kappa shape index (κ1) is 26.7. The van der Waals surface area contributed by atoms with Crippen LogP contribution in [0.4, 0.5) is 13.9 Å². The lowest BCUT2D eigenvalue weighted by Crippen LogP contribution is -2.31. The van der Waals surface area contributed by atoms with Crippen LogP contribution < -0.4 is 9.64 Å². The number of ether oxygens (including phenoxy) is 1. The van der Waals surface area contributed by atoms with Crippen LogP contribution in [0.2, 0.25) is 0 Å². The third-order valence-electron chi connectivity index (χ3n) is 6.52. The van der Waals surface area contributed by atoms with E-state index in [2.05, 4.69) is 10.2 Å². The maximum Gasteiger partial charge on any atom is 0.296 e. The number of fused-ring (bicyclic) bond motifs is 1. The number of thioether (sulfide) groups is 1. The van der Waals surface area contributed by atoms with E-state index in [4.69, 9.17) is 9.15 Å². The van der Waals surface area contributed by atoms with E-state index in [-0.39, 0.29) is 33.6 Å². The molecule has 0 saturated heterocycles. The Balaban J connectivity index is 1.38. The van der Waals surface area contributed by atoms with Gasteiger partial charge >= 0.3 is 0 Å². The van der Waals surface area contributed by atoms with Gasteiger partial charge in [-0.1, -0.05) is 71.6 Å². The number of aromatic nitrogens is 2. The predicted octanol–water partition coefficient (Wildman–Crippen LogP) is 6.65. The second kappa shape index (κ2) is 10.8.